The molecule has 4 bridgehead atoms. The van der Waals surface area contributed by atoms with Gasteiger partial charge in [-0.2, -0.15) is 0 Å². The van der Waals surface area contributed by atoms with Crippen molar-refractivity contribution in [3.05, 3.63) is 23.8 Å². The predicted molar refractivity (Wildman–Crippen MR) is 111 cm³/mol. The Labute approximate surface area is 175 Å². The normalized spacial score (nSPS) is 28.7. The maximum absolute atomic E-state index is 13.1. The third kappa shape index (κ3) is 4.25. The molecule has 5 rings (SSSR count). The van der Waals surface area contributed by atoms with Crippen LogP contribution >= 0.6 is 0 Å². The van der Waals surface area contributed by atoms with Crippen molar-refractivity contribution >= 4 is 34.9 Å². The van der Waals surface area contributed by atoms with Gasteiger partial charge >= 0.3 is 5.97 Å². The lowest BCUT2D eigenvalue weighted by atomic mass is 9.48. The van der Waals surface area contributed by atoms with Gasteiger partial charge in [-0.05, 0) is 74.5 Å². The van der Waals surface area contributed by atoms with E-state index in [2.05, 4.69) is 10.6 Å². The van der Waals surface area contributed by atoms with Crippen LogP contribution in [-0.4, -0.2) is 30.2 Å². The van der Waals surface area contributed by atoms with Gasteiger partial charge in [0, 0.05) is 30.6 Å². The van der Waals surface area contributed by atoms with E-state index in [-0.39, 0.29) is 35.2 Å². The molecule has 1 aromatic rings. The van der Waals surface area contributed by atoms with Gasteiger partial charge in [-0.1, -0.05) is 0 Å². The Morgan fingerprint density at radius 1 is 0.867 bits per heavy atom. The minimum Gasteiger partial charge on any atom is -0.454 e. The summed E-state index contributed by atoms with van der Waals surface area (Å²) in [4.78, 5) is 48.5. The average molecular weight is 412 g/mol. The summed E-state index contributed by atoms with van der Waals surface area (Å²) in [5.74, 6) is 0.723. The quantitative estimate of drug-likeness (QED) is 0.696. The highest BCUT2D eigenvalue weighted by Crippen LogP contribution is 2.60. The minimum absolute atomic E-state index is 0.0371. The Balaban J connectivity index is 1.45. The van der Waals surface area contributed by atoms with Gasteiger partial charge in [0.25, 0.3) is 0 Å². The van der Waals surface area contributed by atoms with Crippen molar-refractivity contribution in [2.24, 2.45) is 23.2 Å². The Morgan fingerprint density at radius 2 is 1.33 bits per heavy atom. The number of carbonyl (C=O) groups is 4. The molecule has 160 valence electrons. The standard InChI is InChI=1S/C23H28N2O5/c1-13(26)24-19-6-18(7-20(8-19)25-14(2)27)22(29)30-12-21(28)23-9-15-3-16(10-23)5-17(4-15)11-23/h6-8,15-17H,3-5,9-12H2,1-2H3,(H,24,26)(H,25,27). The number of hydrogen-bond donors (Lipinski definition) is 2. The number of benzene rings is 1. The highest BCUT2D eigenvalue weighted by atomic mass is 16.5. The summed E-state index contributed by atoms with van der Waals surface area (Å²) in [6.07, 6.45) is 6.52. The van der Waals surface area contributed by atoms with Crippen LogP contribution < -0.4 is 10.6 Å². The van der Waals surface area contributed by atoms with Crippen LogP contribution in [0, 0.1) is 23.2 Å². The molecule has 0 aromatic heterocycles. The molecular formula is C23H28N2O5. The fourth-order valence-electron chi connectivity index (χ4n) is 6.12. The van der Waals surface area contributed by atoms with Crippen molar-refractivity contribution in [1.29, 1.82) is 0 Å². The number of anilines is 2. The molecule has 4 aliphatic rings. The zero-order valence-corrected chi connectivity index (χ0v) is 17.5. The van der Waals surface area contributed by atoms with Gasteiger partial charge in [0.2, 0.25) is 11.8 Å². The summed E-state index contributed by atoms with van der Waals surface area (Å²) in [5, 5.41) is 5.21. The molecule has 4 fully saturated rings. The number of ketones is 1. The second-order valence-electron chi connectivity index (χ2n) is 9.36. The van der Waals surface area contributed by atoms with Gasteiger partial charge in [0.05, 0.1) is 5.56 Å². The lowest BCUT2D eigenvalue weighted by Gasteiger charge is -2.55. The highest BCUT2D eigenvalue weighted by Gasteiger charge is 2.54. The monoisotopic (exact) mass is 412 g/mol. The minimum atomic E-state index is -0.646. The summed E-state index contributed by atoms with van der Waals surface area (Å²) in [7, 11) is 0. The number of nitrogens with one attached hydrogen (secondary N) is 2. The number of ether oxygens (including phenoxy) is 1. The molecule has 0 saturated heterocycles. The largest absolute Gasteiger partial charge is 0.454 e. The van der Waals surface area contributed by atoms with Gasteiger partial charge in [0.1, 0.15) is 0 Å². The molecule has 0 spiro atoms. The van der Waals surface area contributed by atoms with E-state index in [4.69, 9.17) is 4.74 Å². The molecule has 0 heterocycles. The third-order valence-electron chi connectivity index (χ3n) is 6.77. The number of Topliss-reactive ketones (excluding diaryl/α,β-unsaturated/α-hetero) is 1. The van der Waals surface area contributed by atoms with Crippen LogP contribution in [-0.2, 0) is 19.1 Å². The molecule has 0 radical (unpaired) electrons. The van der Waals surface area contributed by atoms with Crippen LogP contribution in [0.3, 0.4) is 0 Å². The van der Waals surface area contributed by atoms with E-state index in [1.807, 2.05) is 0 Å². The van der Waals surface area contributed by atoms with Gasteiger partial charge in [-0.3, -0.25) is 14.4 Å². The third-order valence-corrected chi connectivity index (χ3v) is 6.77. The summed E-state index contributed by atoms with van der Waals surface area (Å²) in [6.45, 7) is 2.48. The molecule has 30 heavy (non-hydrogen) atoms. The number of carbonyl (C=O) groups excluding carboxylic acids is 4. The molecule has 4 saturated carbocycles. The van der Waals surface area contributed by atoms with Crippen LogP contribution in [0.25, 0.3) is 0 Å². The zero-order chi connectivity index (χ0) is 21.5. The Bertz CT molecular complexity index is 837. The van der Waals surface area contributed by atoms with Crippen molar-refractivity contribution in [2.75, 3.05) is 17.2 Å². The van der Waals surface area contributed by atoms with E-state index < -0.39 is 5.97 Å². The summed E-state index contributed by atoms with van der Waals surface area (Å²) < 4.78 is 5.39. The van der Waals surface area contributed by atoms with E-state index in [0.717, 1.165) is 19.3 Å². The maximum atomic E-state index is 13.1. The maximum Gasteiger partial charge on any atom is 0.338 e. The zero-order valence-electron chi connectivity index (χ0n) is 17.5. The van der Waals surface area contributed by atoms with Crippen LogP contribution in [0.4, 0.5) is 11.4 Å². The highest BCUT2D eigenvalue weighted by molar-refractivity contribution is 5.98. The molecule has 4 aliphatic carbocycles. The van der Waals surface area contributed by atoms with E-state index >= 15 is 0 Å². The van der Waals surface area contributed by atoms with E-state index in [1.165, 1.54) is 45.2 Å². The Hall–Kier alpha value is -2.70. The predicted octanol–water partition coefficient (Wildman–Crippen LogP) is 3.55. The first-order valence-electron chi connectivity index (χ1n) is 10.6. The second kappa shape index (κ2) is 7.85. The van der Waals surface area contributed by atoms with Crippen molar-refractivity contribution < 1.29 is 23.9 Å². The molecule has 7 nitrogen and oxygen atoms in total. The first kappa shape index (κ1) is 20.6. The van der Waals surface area contributed by atoms with Crippen LogP contribution in [0.2, 0.25) is 0 Å². The number of hydrogen-bond acceptors (Lipinski definition) is 5. The first-order chi connectivity index (χ1) is 14.2. The number of amides is 2. The molecular weight excluding hydrogens is 384 g/mol. The Morgan fingerprint density at radius 3 is 1.77 bits per heavy atom. The summed E-state index contributed by atoms with van der Waals surface area (Å²) in [5.41, 5.74) is 0.596. The summed E-state index contributed by atoms with van der Waals surface area (Å²) in [6, 6.07) is 4.51. The molecule has 0 unspecified atom stereocenters. The van der Waals surface area contributed by atoms with E-state index in [1.54, 1.807) is 6.07 Å². The topological polar surface area (TPSA) is 102 Å². The fraction of sp³-hybridized carbons (Fsp3) is 0.565. The molecule has 2 amide bonds. The lowest BCUT2D eigenvalue weighted by Crippen LogP contribution is -2.51. The van der Waals surface area contributed by atoms with Crippen LogP contribution in [0.5, 0.6) is 0 Å². The number of rotatable bonds is 6. The molecule has 1 aromatic carbocycles. The lowest BCUT2D eigenvalue weighted by molar-refractivity contribution is -0.147. The van der Waals surface area contributed by atoms with Gasteiger partial charge in [0.15, 0.2) is 12.4 Å². The first-order valence-corrected chi connectivity index (χ1v) is 10.6. The smallest absolute Gasteiger partial charge is 0.338 e. The van der Waals surface area contributed by atoms with E-state index in [9.17, 15) is 19.2 Å². The molecule has 2 N–H and O–H groups in total. The SMILES string of the molecule is CC(=O)Nc1cc(NC(C)=O)cc(C(=O)OCC(=O)C23CC4CC(CC(C4)C2)C3)c1. The van der Waals surface area contributed by atoms with Crippen molar-refractivity contribution in [2.45, 2.75) is 52.4 Å². The van der Waals surface area contributed by atoms with Crippen LogP contribution in [0.15, 0.2) is 18.2 Å². The second-order valence-corrected chi connectivity index (χ2v) is 9.36. The molecule has 0 aliphatic heterocycles. The van der Waals surface area contributed by atoms with Crippen molar-refractivity contribution in [3.63, 3.8) is 0 Å². The van der Waals surface area contributed by atoms with Gasteiger partial charge in [-0.15, -0.1) is 0 Å². The number of esters is 1. The fourth-order valence-corrected chi connectivity index (χ4v) is 6.12. The van der Waals surface area contributed by atoms with Gasteiger partial charge in [-0.25, -0.2) is 4.79 Å². The molecule has 0 atom stereocenters. The average Bonchev–Trinajstić information content (AvgIpc) is 2.63. The Kier molecular flexibility index (Phi) is 5.38. The van der Waals surface area contributed by atoms with E-state index in [0.29, 0.717) is 29.1 Å². The van der Waals surface area contributed by atoms with Crippen molar-refractivity contribution in [1.82, 2.24) is 0 Å². The molecule has 7 heteroatoms. The van der Waals surface area contributed by atoms with Gasteiger partial charge < -0.3 is 15.4 Å². The summed E-state index contributed by atoms with van der Waals surface area (Å²) >= 11 is 0. The van der Waals surface area contributed by atoms with Crippen LogP contribution in [0.1, 0.15) is 62.7 Å². The van der Waals surface area contributed by atoms with Crippen molar-refractivity contribution in [3.8, 4) is 0 Å².